The van der Waals surface area contributed by atoms with E-state index in [4.69, 9.17) is 0 Å². The van der Waals surface area contributed by atoms with Gasteiger partial charge >= 0.3 is 0 Å². The lowest BCUT2D eigenvalue weighted by Gasteiger charge is -2.39. The molecule has 3 aromatic rings. The number of hydrogen-bond donors (Lipinski definition) is 1. The maximum absolute atomic E-state index is 4.47. The van der Waals surface area contributed by atoms with Crippen molar-refractivity contribution in [3.8, 4) is 5.69 Å². The van der Waals surface area contributed by atoms with Crippen LogP contribution >= 0.6 is 0 Å². The molecular formula is C21H25N5. The zero-order valence-electron chi connectivity index (χ0n) is 15.4. The highest BCUT2D eigenvalue weighted by Crippen LogP contribution is 2.41. The normalized spacial score (nSPS) is 22.9. The maximum atomic E-state index is 4.47. The summed E-state index contributed by atoms with van der Waals surface area (Å²) in [6.07, 6.45) is 4.38. The summed E-state index contributed by atoms with van der Waals surface area (Å²) in [6.45, 7) is 4.42. The molecule has 1 aliphatic rings. The molecule has 26 heavy (non-hydrogen) atoms. The lowest BCUT2D eigenvalue weighted by Crippen LogP contribution is -2.41. The first kappa shape index (κ1) is 16.8. The number of nitrogens with zero attached hydrogens (tertiary/aromatic N) is 4. The number of aryl methyl sites for hydroxylation is 1. The molecule has 1 saturated carbocycles. The number of para-hydroxylation sites is 1. The van der Waals surface area contributed by atoms with Gasteiger partial charge in [-0.3, -0.25) is 0 Å². The molecule has 1 aliphatic carbocycles. The second-order valence-electron chi connectivity index (χ2n) is 7.51. The summed E-state index contributed by atoms with van der Waals surface area (Å²) in [5, 5.41) is 16.6. The smallest absolute Gasteiger partial charge is 0.181 e. The van der Waals surface area contributed by atoms with Crippen molar-refractivity contribution in [1.82, 2.24) is 20.2 Å². The van der Waals surface area contributed by atoms with Crippen molar-refractivity contribution < 1.29 is 0 Å². The van der Waals surface area contributed by atoms with Crippen LogP contribution in [0.25, 0.3) is 5.69 Å². The van der Waals surface area contributed by atoms with Crippen LogP contribution in [-0.2, 0) is 5.54 Å². The van der Waals surface area contributed by atoms with Crippen molar-refractivity contribution in [3.63, 3.8) is 0 Å². The van der Waals surface area contributed by atoms with Gasteiger partial charge < -0.3 is 5.32 Å². The molecule has 1 fully saturated rings. The van der Waals surface area contributed by atoms with E-state index in [1.807, 2.05) is 10.7 Å². The topological polar surface area (TPSA) is 55.6 Å². The fourth-order valence-electron chi connectivity index (χ4n) is 3.80. The van der Waals surface area contributed by atoms with Crippen molar-refractivity contribution in [2.24, 2.45) is 5.92 Å². The van der Waals surface area contributed by atoms with Crippen LogP contribution < -0.4 is 5.32 Å². The van der Waals surface area contributed by atoms with E-state index in [0.717, 1.165) is 36.0 Å². The van der Waals surface area contributed by atoms with Crippen LogP contribution in [0.15, 0.2) is 54.6 Å². The van der Waals surface area contributed by atoms with Crippen LogP contribution in [0.4, 0.5) is 5.69 Å². The zero-order valence-corrected chi connectivity index (χ0v) is 15.4. The lowest BCUT2D eigenvalue weighted by atomic mass is 9.76. The van der Waals surface area contributed by atoms with Crippen LogP contribution in [0.2, 0.25) is 0 Å². The number of aromatic nitrogens is 4. The highest BCUT2D eigenvalue weighted by molar-refractivity contribution is 5.47. The minimum Gasteiger partial charge on any atom is -0.373 e. The zero-order chi connectivity index (χ0) is 18.0. The molecule has 0 saturated heterocycles. The van der Waals surface area contributed by atoms with Crippen LogP contribution in [0.3, 0.4) is 0 Å². The van der Waals surface area contributed by atoms with Crippen LogP contribution in [0.5, 0.6) is 0 Å². The predicted molar refractivity (Wildman–Crippen MR) is 103 cm³/mol. The number of tetrazole rings is 1. The van der Waals surface area contributed by atoms with E-state index in [1.165, 1.54) is 18.4 Å². The quantitative estimate of drug-likeness (QED) is 0.755. The second kappa shape index (κ2) is 6.90. The number of anilines is 1. The van der Waals surface area contributed by atoms with Crippen molar-refractivity contribution in [3.05, 3.63) is 66.0 Å². The lowest BCUT2D eigenvalue weighted by molar-refractivity contribution is 0.255. The Kier molecular flexibility index (Phi) is 4.45. The summed E-state index contributed by atoms with van der Waals surface area (Å²) in [4.78, 5) is 0. The fourth-order valence-corrected chi connectivity index (χ4v) is 3.80. The van der Waals surface area contributed by atoms with Gasteiger partial charge in [0.25, 0.3) is 0 Å². The summed E-state index contributed by atoms with van der Waals surface area (Å²) in [5.41, 5.74) is 3.10. The van der Waals surface area contributed by atoms with Crippen molar-refractivity contribution >= 4 is 5.69 Å². The van der Waals surface area contributed by atoms with Crippen molar-refractivity contribution in [2.45, 2.75) is 45.1 Å². The molecule has 0 atom stereocenters. The third kappa shape index (κ3) is 3.21. The Hall–Kier alpha value is -2.69. The first-order chi connectivity index (χ1) is 12.7. The molecule has 0 bridgehead atoms. The van der Waals surface area contributed by atoms with Gasteiger partial charge in [-0.05, 0) is 73.2 Å². The molecule has 0 spiro atoms. The molecule has 0 unspecified atom stereocenters. The standard InChI is InChI=1S/C21H25N5/c1-16-8-10-19(11-9-16)26-20(23-24-25-26)21(14-12-17(2)13-15-21)22-18-6-4-3-5-7-18/h3-11,17,22H,12-15H2,1-2H3. The molecule has 2 aromatic carbocycles. The Morgan fingerprint density at radius 3 is 2.38 bits per heavy atom. The second-order valence-corrected chi connectivity index (χ2v) is 7.51. The first-order valence-corrected chi connectivity index (χ1v) is 9.35. The van der Waals surface area contributed by atoms with Gasteiger partial charge in [-0.25, -0.2) is 0 Å². The van der Waals surface area contributed by atoms with E-state index < -0.39 is 0 Å². The average molecular weight is 347 g/mol. The Labute approximate surface area is 154 Å². The molecule has 5 heteroatoms. The molecule has 1 aromatic heterocycles. The fraction of sp³-hybridized carbons (Fsp3) is 0.381. The van der Waals surface area contributed by atoms with E-state index in [9.17, 15) is 0 Å². The number of benzene rings is 2. The Morgan fingerprint density at radius 1 is 1.00 bits per heavy atom. The summed E-state index contributed by atoms with van der Waals surface area (Å²) in [7, 11) is 0. The Bertz CT molecular complexity index is 846. The molecule has 5 nitrogen and oxygen atoms in total. The maximum Gasteiger partial charge on any atom is 0.181 e. The highest BCUT2D eigenvalue weighted by atomic mass is 15.6. The van der Waals surface area contributed by atoms with Crippen LogP contribution in [-0.4, -0.2) is 20.2 Å². The van der Waals surface area contributed by atoms with Gasteiger partial charge in [-0.15, -0.1) is 5.10 Å². The number of nitrogens with one attached hydrogen (secondary N) is 1. The van der Waals surface area contributed by atoms with Gasteiger partial charge in [-0.2, -0.15) is 4.68 Å². The highest BCUT2D eigenvalue weighted by Gasteiger charge is 2.40. The molecule has 0 radical (unpaired) electrons. The van der Waals surface area contributed by atoms with Gasteiger partial charge in [0.15, 0.2) is 5.82 Å². The molecule has 0 aliphatic heterocycles. The van der Waals surface area contributed by atoms with Crippen molar-refractivity contribution in [2.75, 3.05) is 5.32 Å². The van der Waals surface area contributed by atoms with Crippen LogP contribution in [0, 0.1) is 12.8 Å². The van der Waals surface area contributed by atoms with E-state index in [1.54, 1.807) is 0 Å². The predicted octanol–water partition coefficient (Wildman–Crippen LogP) is 4.49. The summed E-state index contributed by atoms with van der Waals surface area (Å²) in [6, 6.07) is 18.7. The molecular weight excluding hydrogens is 322 g/mol. The molecule has 4 rings (SSSR count). The Morgan fingerprint density at radius 2 is 1.69 bits per heavy atom. The van der Waals surface area contributed by atoms with Crippen LogP contribution in [0.1, 0.15) is 44.0 Å². The summed E-state index contributed by atoms with van der Waals surface area (Å²) < 4.78 is 1.89. The van der Waals surface area contributed by atoms with Gasteiger partial charge in [0, 0.05) is 5.69 Å². The number of rotatable bonds is 4. The largest absolute Gasteiger partial charge is 0.373 e. The molecule has 1 N–H and O–H groups in total. The van der Waals surface area contributed by atoms with Gasteiger partial charge in [0.2, 0.25) is 0 Å². The molecule has 0 amide bonds. The van der Waals surface area contributed by atoms with E-state index in [-0.39, 0.29) is 5.54 Å². The third-order valence-electron chi connectivity index (χ3n) is 5.46. The minimum absolute atomic E-state index is 0.248. The molecule has 134 valence electrons. The minimum atomic E-state index is -0.248. The van der Waals surface area contributed by atoms with Gasteiger partial charge in [0.1, 0.15) is 0 Å². The van der Waals surface area contributed by atoms with Gasteiger partial charge in [0.05, 0.1) is 11.2 Å². The van der Waals surface area contributed by atoms with E-state index in [2.05, 4.69) is 83.2 Å². The first-order valence-electron chi connectivity index (χ1n) is 9.35. The van der Waals surface area contributed by atoms with Gasteiger partial charge in [-0.1, -0.05) is 42.8 Å². The SMILES string of the molecule is Cc1ccc(-n2nnnc2C2(Nc3ccccc3)CCC(C)CC2)cc1. The van der Waals surface area contributed by atoms with E-state index in [0.29, 0.717) is 0 Å². The summed E-state index contributed by atoms with van der Waals surface area (Å²) in [5.74, 6) is 1.64. The third-order valence-corrected chi connectivity index (χ3v) is 5.46. The summed E-state index contributed by atoms with van der Waals surface area (Å²) >= 11 is 0. The Balaban J connectivity index is 1.75. The molecule has 1 heterocycles. The van der Waals surface area contributed by atoms with E-state index >= 15 is 0 Å². The number of hydrogen-bond acceptors (Lipinski definition) is 4. The average Bonchev–Trinajstić information content (AvgIpc) is 3.16. The monoisotopic (exact) mass is 347 g/mol. The van der Waals surface area contributed by atoms with Crippen molar-refractivity contribution in [1.29, 1.82) is 0 Å².